The van der Waals surface area contributed by atoms with Crippen molar-refractivity contribution in [1.29, 1.82) is 0 Å². The first-order chi connectivity index (χ1) is 5.97. The van der Waals surface area contributed by atoms with Crippen molar-refractivity contribution in [3.05, 3.63) is 0 Å². The van der Waals surface area contributed by atoms with Gasteiger partial charge in [-0.15, -0.1) is 0 Å². The molecule has 0 aromatic heterocycles. The second-order valence-corrected chi connectivity index (χ2v) is 2.71. The molecule has 0 aliphatic heterocycles. The molecule has 1 unspecified atom stereocenters. The Morgan fingerprint density at radius 2 is 1.46 bits per heavy atom. The number of carboxylic acids is 2. The lowest BCUT2D eigenvalue weighted by Gasteiger charge is -2.16. The Balaban J connectivity index is 4.17. The Morgan fingerprint density at radius 1 is 1.08 bits per heavy atom. The highest BCUT2D eigenvalue weighted by Crippen LogP contribution is 2.13. The Hall–Kier alpha value is -1.14. The van der Waals surface area contributed by atoms with Crippen LogP contribution in [-0.4, -0.2) is 45.1 Å². The van der Waals surface area contributed by atoms with E-state index in [1.165, 1.54) is 0 Å². The van der Waals surface area contributed by atoms with Crippen molar-refractivity contribution in [3.63, 3.8) is 0 Å². The fraction of sp³-hybridized carbons (Fsp3) is 0.714. The summed E-state index contributed by atoms with van der Waals surface area (Å²) in [6.45, 7) is -0.634. The highest BCUT2D eigenvalue weighted by atomic mass is 16.4. The van der Waals surface area contributed by atoms with Crippen molar-refractivity contribution in [2.24, 2.45) is 5.92 Å². The molecule has 0 spiro atoms. The summed E-state index contributed by atoms with van der Waals surface area (Å²) in [6, 6.07) is 0. The number of rotatable bonds is 6. The minimum Gasteiger partial charge on any atom is -0.481 e. The lowest BCUT2D eigenvalue weighted by Crippen LogP contribution is -2.28. The molecule has 0 saturated carbocycles. The van der Waals surface area contributed by atoms with Gasteiger partial charge in [-0.25, -0.2) is 0 Å². The van der Waals surface area contributed by atoms with Gasteiger partial charge in [0, 0.05) is 5.92 Å². The summed E-state index contributed by atoms with van der Waals surface area (Å²) in [4.78, 5) is 20.5. The van der Waals surface area contributed by atoms with Crippen molar-refractivity contribution in [1.82, 2.24) is 0 Å². The molecule has 13 heavy (non-hydrogen) atoms. The maximum Gasteiger partial charge on any atom is 0.303 e. The van der Waals surface area contributed by atoms with Crippen LogP contribution in [0.15, 0.2) is 0 Å². The third-order valence-electron chi connectivity index (χ3n) is 1.60. The quantitative estimate of drug-likeness (QED) is 0.425. The Bertz CT molecular complexity index is 173. The molecule has 0 fully saturated rings. The van der Waals surface area contributed by atoms with Gasteiger partial charge in [-0.05, 0) is 0 Å². The van der Waals surface area contributed by atoms with Gasteiger partial charge in [-0.2, -0.15) is 0 Å². The number of hydrogen-bond donors (Lipinski definition) is 4. The number of aliphatic hydroxyl groups is 2. The van der Waals surface area contributed by atoms with Crippen LogP contribution in [0.3, 0.4) is 0 Å². The fourth-order valence-corrected chi connectivity index (χ4v) is 0.942. The van der Waals surface area contributed by atoms with Gasteiger partial charge < -0.3 is 20.4 Å². The number of carboxylic acid groups (broad SMARTS) is 2. The van der Waals surface area contributed by atoms with Crippen LogP contribution in [0.4, 0.5) is 0 Å². The first kappa shape index (κ1) is 11.9. The molecule has 0 rings (SSSR count). The van der Waals surface area contributed by atoms with E-state index in [0.717, 1.165) is 0 Å². The molecule has 76 valence electrons. The van der Waals surface area contributed by atoms with Crippen molar-refractivity contribution < 1.29 is 30.0 Å². The Kier molecular flexibility index (Phi) is 5.01. The molecular formula is C7H12O6. The van der Waals surface area contributed by atoms with E-state index in [1.54, 1.807) is 0 Å². The van der Waals surface area contributed by atoms with Gasteiger partial charge in [-0.1, -0.05) is 0 Å². The summed E-state index contributed by atoms with van der Waals surface area (Å²) in [5.74, 6) is -3.34. The number of aliphatic carboxylic acids is 2. The van der Waals surface area contributed by atoms with Crippen molar-refractivity contribution in [2.75, 3.05) is 6.61 Å². The summed E-state index contributed by atoms with van der Waals surface area (Å²) in [5, 5.41) is 34.2. The standard InChI is InChI=1S/C7H12O6/c8-3-5(9)4(1-6(10)11)2-7(12)13/h4-5,8-9H,1-3H2,(H,10,11)(H,12,13). The summed E-state index contributed by atoms with van der Waals surface area (Å²) in [5.41, 5.74) is 0. The molecule has 1 atom stereocenters. The van der Waals surface area contributed by atoms with E-state index < -0.39 is 43.4 Å². The van der Waals surface area contributed by atoms with Crippen LogP contribution >= 0.6 is 0 Å². The highest BCUT2D eigenvalue weighted by Gasteiger charge is 2.23. The molecule has 0 amide bonds. The number of carbonyl (C=O) groups is 2. The van der Waals surface area contributed by atoms with Crippen LogP contribution < -0.4 is 0 Å². The molecule has 6 nitrogen and oxygen atoms in total. The summed E-state index contributed by atoms with van der Waals surface area (Å²) >= 11 is 0. The number of aliphatic hydroxyl groups excluding tert-OH is 2. The molecule has 0 heterocycles. The molecule has 0 aromatic carbocycles. The van der Waals surface area contributed by atoms with E-state index in [2.05, 4.69) is 0 Å². The molecule has 0 saturated heterocycles. The van der Waals surface area contributed by atoms with E-state index in [9.17, 15) is 9.59 Å². The first-order valence-corrected chi connectivity index (χ1v) is 3.70. The zero-order valence-corrected chi connectivity index (χ0v) is 6.88. The largest absolute Gasteiger partial charge is 0.481 e. The maximum atomic E-state index is 10.2. The van der Waals surface area contributed by atoms with Crippen LogP contribution in [0, 0.1) is 5.92 Å². The average Bonchev–Trinajstić information content (AvgIpc) is 2.00. The minimum absolute atomic E-state index is 0.464. The number of hydrogen-bond acceptors (Lipinski definition) is 4. The summed E-state index contributed by atoms with van der Waals surface area (Å²) in [6.07, 6.45) is -2.23. The SMILES string of the molecule is O=C(O)CC(CC(=O)O)C(O)CO. The Labute approximate surface area is 74.4 Å². The lowest BCUT2D eigenvalue weighted by atomic mass is 9.95. The third kappa shape index (κ3) is 5.15. The zero-order valence-electron chi connectivity index (χ0n) is 6.88. The van der Waals surface area contributed by atoms with E-state index in [-0.39, 0.29) is 0 Å². The van der Waals surface area contributed by atoms with Gasteiger partial charge >= 0.3 is 11.9 Å². The van der Waals surface area contributed by atoms with Crippen molar-refractivity contribution >= 4 is 11.9 Å². The van der Waals surface area contributed by atoms with Crippen LogP contribution in [0.5, 0.6) is 0 Å². The van der Waals surface area contributed by atoms with E-state index in [0.29, 0.717) is 0 Å². The van der Waals surface area contributed by atoms with Gasteiger partial charge in [-0.3, -0.25) is 9.59 Å². The monoisotopic (exact) mass is 192 g/mol. The normalized spacial score (nSPS) is 12.8. The van der Waals surface area contributed by atoms with E-state index in [1.807, 2.05) is 0 Å². The third-order valence-corrected chi connectivity index (χ3v) is 1.60. The van der Waals surface area contributed by atoms with Crippen LogP contribution in [0.25, 0.3) is 0 Å². The lowest BCUT2D eigenvalue weighted by molar-refractivity contribution is -0.143. The molecule has 0 aromatic rings. The second kappa shape index (κ2) is 5.50. The predicted molar refractivity (Wildman–Crippen MR) is 41.1 cm³/mol. The van der Waals surface area contributed by atoms with Crippen LogP contribution in [0.2, 0.25) is 0 Å². The summed E-state index contributed by atoms with van der Waals surface area (Å²) in [7, 11) is 0. The van der Waals surface area contributed by atoms with Crippen molar-refractivity contribution in [3.8, 4) is 0 Å². The fourth-order valence-electron chi connectivity index (χ4n) is 0.942. The van der Waals surface area contributed by atoms with Gasteiger partial charge in [0.15, 0.2) is 0 Å². The highest BCUT2D eigenvalue weighted by molar-refractivity contribution is 5.70. The average molecular weight is 192 g/mol. The Morgan fingerprint density at radius 3 is 1.69 bits per heavy atom. The van der Waals surface area contributed by atoms with Gasteiger partial charge in [0.1, 0.15) is 0 Å². The van der Waals surface area contributed by atoms with Gasteiger partial charge in [0.05, 0.1) is 25.6 Å². The molecule has 6 heteroatoms. The maximum absolute atomic E-state index is 10.2. The topological polar surface area (TPSA) is 115 Å². The zero-order chi connectivity index (χ0) is 10.4. The van der Waals surface area contributed by atoms with Crippen LogP contribution in [-0.2, 0) is 9.59 Å². The van der Waals surface area contributed by atoms with E-state index >= 15 is 0 Å². The predicted octanol–water partition coefficient (Wildman–Crippen LogP) is -1.09. The molecule has 4 N–H and O–H groups in total. The van der Waals surface area contributed by atoms with E-state index in [4.69, 9.17) is 20.4 Å². The molecular weight excluding hydrogens is 180 g/mol. The molecule has 0 aliphatic carbocycles. The summed E-state index contributed by atoms with van der Waals surface area (Å²) < 4.78 is 0. The second-order valence-electron chi connectivity index (χ2n) is 2.71. The molecule has 0 aliphatic rings. The molecule has 0 bridgehead atoms. The first-order valence-electron chi connectivity index (χ1n) is 3.70. The molecule has 0 radical (unpaired) electrons. The minimum atomic E-state index is -1.30. The smallest absolute Gasteiger partial charge is 0.303 e. The van der Waals surface area contributed by atoms with Gasteiger partial charge in [0.2, 0.25) is 0 Å². The van der Waals surface area contributed by atoms with Gasteiger partial charge in [0.25, 0.3) is 0 Å². The van der Waals surface area contributed by atoms with Crippen molar-refractivity contribution in [2.45, 2.75) is 18.9 Å². The van der Waals surface area contributed by atoms with Crippen LogP contribution in [0.1, 0.15) is 12.8 Å².